The van der Waals surface area contributed by atoms with Crippen molar-refractivity contribution < 1.29 is 15.0 Å². The number of aromatic nitrogens is 2. The van der Waals surface area contributed by atoms with Gasteiger partial charge in [-0.15, -0.1) is 17.0 Å². The van der Waals surface area contributed by atoms with Crippen LogP contribution in [-0.2, 0) is 17.4 Å². The lowest BCUT2D eigenvalue weighted by molar-refractivity contribution is 0.0973. The zero-order chi connectivity index (χ0) is 25.4. The first-order valence-electron chi connectivity index (χ1n) is 12.0. The second kappa shape index (κ2) is 10.7. The molecule has 0 bridgehead atoms. The van der Waals surface area contributed by atoms with E-state index in [1.807, 2.05) is 64.3 Å². The summed E-state index contributed by atoms with van der Waals surface area (Å²) < 4.78 is 1.92. The van der Waals surface area contributed by atoms with E-state index in [0.29, 0.717) is 24.5 Å². The Morgan fingerprint density at radius 2 is 1.51 bits per heavy atom. The fourth-order valence-electron chi connectivity index (χ4n) is 4.13. The van der Waals surface area contributed by atoms with E-state index in [2.05, 4.69) is 25.2 Å². The minimum atomic E-state index is -0.312. The lowest BCUT2D eigenvalue weighted by atomic mass is 9.78. The highest BCUT2D eigenvalue weighted by atomic mass is 79.9. The fourth-order valence-corrected chi connectivity index (χ4v) is 4.13. The van der Waals surface area contributed by atoms with Crippen molar-refractivity contribution in [3.63, 3.8) is 0 Å². The van der Waals surface area contributed by atoms with E-state index < -0.39 is 0 Å². The topological polar surface area (TPSA) is 87.4 Å². The van der Waals surface area contributed by atoms with Crippen LogP contribution >= 0.6 is 17.0 Å². The van der Waals surface area contributed by atoms with Gasteiger partial charge in [0.1, 0.15) is 5.75 Å². The second-order valence-corrected chi connectivity index (χ2v) is 11.3. The number of benzene rings is 2. The van der Waals surface area contributed by atoms with Crippen molar-refractivity contribution in [2.45, 2.75) is 79.2 Å². The Morgan fingerprint density at radius 1 is 0.971 bits per heavy atom. The Morgan fingerprint density at radius 3 is 2.03 bits per heavy atom. The molecule has 0 fully saturated rings. The number of carbonyl (C=O) groups is 1. The third-order valence-corrected chi connectivity index (χ3v) is 6.33. The first kappa shape index (κ1) is 28.9. The van der Waals surface area contributed by atoms with Crippen LogP contribution in [0.3, 0.4) is 0 Å². The number of hydrogen-bond donors (Lipinski definition) is 3. The number of aromatic hydroxyl groups is 1. The number of carbonyl (C=O) groups excluding carboxylic acids is 1. The molecule has 0 aliphatic rings. The molecule has 35 heavy (non-hydrogen) atoms. The summed E-state index contributed by atoms with van der Waals surface area (Å²) in [7, 11) is 0. The van der Waals surface area contributed by atoms with Gasteiger partial charge >= 0.3 is 0 Å². The molecule has 2 aromatic carbocycles. The van der Waals surface area contributed by atoms with Crippen LogP contribution < -0.4 is 5.32 Å². The van der Waals surface area contributed by atoms with Gasteiger partial charge in [0.25, 0.3) is 0 Å². The van der Waals surface area contributed by atoms with Gasteiger partial charge in [-0.2, -0.15) is 0 Å². The SMILES string of the molecule is Br.Cc1cc2nc(NCCCO)n(CC(=O)c3cc(C(C)(C)C)c(O)c(C(C)(C)C)c3)c2cc1C. The number of hydrogen-bond acceptors (Lipinski definition) is 5. The van der Waals surface area contributed by atoms with Gasteiger partial charge in [-0.25, -0.2) is 4.98 Å². The quantitative estimate of drug-likeness (QED) is 0.242. The van der Waals surface area contributed by atoms with E-state index >= 15 is 0 Å². The number of aryl methyl sites for hydroxylation is 2. The van der Waals surface area contributed by atoms with Crippen LogP contribution in [0.5, 0.6) is 5.75 Å². The molecular weight excluding hydrogens is 506 g/mol. The van der Waals surface area contributed by atoms with Crippen LogP contribution in [0.15, 0.2) is 24.3 Å². The molecule has 0 aliphatic carbocycles. The first-order chi connectivity index (χ1) is 15.7. The van der Waals surface area contributed by atoms with Crippen molar-refractivity contribution in [3.05, 3.63) is 52.1 Å². The molecule has 0 atom stereocenters. The molecule has 7 heteroatoms. The van der Waals surface area contributed by atoms with Crippen LogP contribution in [-0.4, -0.2) is 38.7 Å². The van der Waals surface area contributed by atoms with Crippen LogP contribution in [0, 0.1) is 13.8 Å². The number of phenols is 1. The van der Waals surface area contributed by atoms with Crippen LogP contribution in [0.4, 0.5) is 5.95 Å². The molecule has 3 N–H and O–H groups in total. The lowest BCUT2D eigenvalue weighted by Crippen LogP contribution is -2.20. The van der Waals surface area contributed by atoms with Gasteiger partial charge in [0, 0.05) is 29.8 Å². The molecule has 6 nitrogen and oxygen atoms in total. The summed E-state index contributed by atoms with van der Waals surface area (Å²) in [6.07, 6.45) is 0.594. The molecular formula is C28H40BrN3O3. The standard InChI is InChI=1S/C28H39N3O3.BrH/c1-17-12-22-23(13-18(17)2)31(26(30-22)29-10-9-11-32)16-24(33)19-14-20(27(3,4)5)25(34)21(15-19)28(6,7)8;/h12-15,32,34H,9-11,16H2,1-8H3,(H,29,30);1H. The number of fused-ring (bicyclic) bond motifs is 1. The normalized spacial score (nSPS) is 12.0. The summed E-state index contributed by atoms with van der Waals surface area (Å²) in [4.78, 5) is 18.4. The van der Waals surface area contributed by atoms with Crippen molar-refractivity contribution in [2.75, 3.05) is 18.5 Å². The maximum absolute atomic E-state index is 13.7. The third kappa shape index (κ3) is 6.25. The summed E-state index contributed by atoms with van der Waals surface area (Å²) in [5, 5.41) is 23.5. The molecule has 1 aromatic heterocycles. The Labute approximate surface area is 219 Å². The van der Waals surface area contributed by atoms with Gasteiger partial charge in [-0.3, -0.25) is 4.79 Å². The average Bonchev–Trinajstić information content (AvgIpc) is 3.03. The minimum absolute atomic E-state index is 0. The molecule has 0 radical (unpaired) electrons. The maximum Gasteiger partial charge on any atom is 0.204 e. The molecule has 3 rings (SSSR count). The second-order valence-electron chi connectivity index (χ2n) is 11.3. The molecule has 1 heterocycles. The van der Waals surface area contributed by atoms with Crippen molar-refractivity contribution in [1.82, 2.24) is 9.55 Å². The number of halogens is 1. The lowest BCUT2D eigenvalue weighted by Gasteiger charge is -2.28. The predicted octanol–water partition coefficient (Wildman–Crippen LogP) is 6.21. The highest BCUT2D eigenvalue weighted by Gasteiger charge is 2.28. The number of rotatable bonds is 7. The molecule has 192 valence electrons. The highest BCUT2D eigenvalue weighted by Crippen LogP contribution is 2.40. The van der Waals surface area contributed by atoms with E-state index in [-0.39, 0.29) is 52.5 Å². The number of ketones is 1. The van der Waals surface area contributed by atoms with Gasteiger partial charge in [-0.1, -0.05) is 41.5 Å². The summed E-state index contributed by atoms with van der Waals surface area (Å²) in [5.41, 5.74) is 5.51. The molecule has 0 unspecified atom stereocenters. The van der Waals surface area contributed by atoms with Crippen molar-refractivity contribution in [2.24, 2.45) is 0 Å². The Hall–Kier alpha value is -2.38. The molecule has 0 amide bonds. The largest absolute Gasteiger partial charge is 0.507 e. The number of Topliss-reactive ketones (excluding diaryl/α,β-unsaturated/α-hetero) is 1. The van der Waals surface area contributed by atoms with E-state index in [9.17, 15) is 15.0 Å². The van der Waals surface area contributed by atoms with Gasteiger partial charge in [-0.05, 0) is 66.5 Å². The number of imidazole rings is 1. The van der Waals surface area contributed by atoms with Gasteiger partial charge in [0.15, 0.2) is 5.78 Å². The molecule has 0 aliphatic heterocycles. The number of aliphatic hydroxyl groups is 1. The molecule has 0 saturated heterocycles. The predicted molar refractivity (Wildman–Crippen MR) is 150 cm³/mol. The Kier molecular flexibility index (Phi) is 8.83. The van der Waals surface area contributed by atoms with Crippen LogP contribution in [0.2, 0.25) is 0 Å². The van der Waals surface area contributed by atoms with Crippen LogP contribution in [0.1, 0.15) is 80.6 Å². The summed E-state index contributed by atoms with van der Waals surface area (Å²) in [6.45, 7) is 17.1. The number of aliphatic hydroxyl groups excluding tert-OH is 1. The smallest absolute Gasteiger partial charge is 0.204 e. The third-order valence-electron chi connectivity index (χ3n) is 6.33. The van der Waals surface area contributed by atoms with Gasteiger partial charge in [0.05, 0.1) is 17.6 Å². The first-order valence-corrected chi connectivity index (χ1v) is 12.0. The summed E-state index contributed by atoms with van der Waals surface area (Å²) in [6, 6.07) is 7.78. The Balaban J connectivity index is 0.00000432. The monoisotopic (exact) mass is 545 g/mol. The maximum atomic E-state index is 13.7. The fraction of sp³-hybridized carbons (Fsp3) is 0.500. The number of anilines is 1. The van der Waals surface area contributed by atoms with Crippen molar-refractivity contribution >= 4 is 39.7 Å². The van der Waals surface area contributed by atoms with E-state index in [4.69, 9.17) is 4.98 Å². The van der Waals surface area contributed by atoms with E-state index in [0.717, 1.165) is 33.3 Å². The number of nitrogens with one attached hydrogen (secondary N) is 1. The van der Waals surface area contributed by atoms with E-state index in [1.54, 1.807) is 0 Å². The van der Waals surface area contributed by atoms with Gasteiger partial charge in [0.2, 0.25) is 5.95 Å². The van der Waals surface area contributed by atoms with E-state index in [1.165, 1.54) is 0 Å². The highest BCUT2D eigenvalue weighted by molar-refractivity contribution is 8.93. The number of nitrogens with zero attached hydrogens (tertiary/aromatic N) is 2. The van der Waals surface area contributed by atoms with Crippen molar-refractivity contribution in [1.29, 1.82) is 0 Å². The molecule has 3 aromatic rings. The van der Waals surface area contributed by atoms with Gasteiger partial charge < -0.3 is 20.1 Å². The van der Waals surface area contributed by atoms with Crippen LogP contribution in [0.25, 0.3) is 11.0 Å². The Bertz CT molecular complexity index is 1180. The summed E-state index contributed by atoms with van der Waals surface area (Å²) in [5.74, 6) is 0.841. The molecule has 0 saturated carbocycles. The minimum Gasteiger partial charge on any atom is -0.507 e. The summed E-state index contributed by atoms with van der Waals surface area (Å²) >= 11 is 0. The average molecular weight is 547 g/mol. The number of phenolic OH excluding ortho intramolecular Hbond substituents is 1. The zero-order valence-corrected chi connectivity index (χ0v) is 24.0. The molecule has 0 spiro atoms. The van der Waals surface area contributed by atoms with Crippen molar-refractivity contribution in [3.8, 4) is 5.75 Å². The zero-order valence-electron chi connectivity index (χ0n) is 22.2.